The number of nitrogens with one attached hydrogen (secondary N) is 3. The Hall–Kier alpha value is -0.570. The van der Waals surface area contributed by atoms with Gasteiger partial charge in [-0.25, -0.2) is 0 Å². The lowest BCUT2D eigenvalue weighted by molar-refractivity contribution is -0.121. The zero-order valence-electron chi connectivity index (χ0n) is 15.6. The Balaban J connectivity index is 0.00000529. The summed E-state index contributed by atoms with van der Waals surface area (Å²) < 4.78 is 5.27. The first-order chi connectivity index (χ1) is 11.0. The number of nitrogens with zero attached hydrogens (tertiary/aromatic N) is 1. The summed E-state index contributed by atoms with van der Waals surface area (Å²) >= 11 is 0. The molecule has 0 atom stereocenters. The molecule has 0 spiro atoms. The average Bonchev–Trinajstić information content (AvgIpc) is 2.97. The normalized spacial score (nSPS) is 16.6. The number of ether oxygens (including phenoxy) is 1. The number of carbonyl (C=O) groups is 1. The summed E-state index contributed by atoms with van der Waals surface area (Å²) in [6, 6.07) is 0.183. The summed E-state index contributed by atoms with van der Waals surface area (Å²) in [6.07, 6.45) is 6.63. The second-order valence-corrected chi connectivity index (χ2v) is 6.77. The molecule has 0 radical (unpaired) electrons. The minimum absolute atomic E-state index is 0. The largest absolute Gasteiger partial charge is 0.385 e. The Morgan fingerprint density at radius 2 is 1.92 bits per heavy atom. The van der Waals surface area contributed by atoms with Crippen molar-refractivity contribution in [2.45, 2.75) is 58.4 Å². The van der Waals surface area contributed by atoms with E-state index in [1.54, 1.807) is 14.2 Å². The molecule has 1 fully saturated rings. The van der Waals surface area contributed by atoms with Crippen LogP contribution < -0.4 is 16.0 Å². The first-order valence-corrected chi connectivity index (χ1v) is 8.74. The highest BCUT2D eigenvalue weighted by atomic mass is 127. The van der Waals surface area contributed by atoms with Gasteiger partial charge in [-0.3, -0.25) is 9.79 Å². The van der Waals surface area contributed by atoms with Gasteiger partial charge in [0.2, 0.25) is 5.91 Å². The van der Waals surface area contributed by atoms with E-state index in [1.807, 2.05) is 13.8 Å². The molecule has 0 unspecified atom stereocenters. The minimum Gasteiger partial charge on any atom is -0.385 e. The molecule has 0 heterocycles. The van der Waals surface area contributed by atoms with Gasteiger partial charge in [-0.1, -0.05) is 12.8 Å². The summed E-state index contributed by atoms with van der Waals surface area (Å²) in [5, 5.41) is 9.53. The summed E-state index contributed by atoms with van der Waals surface area (Å²) in [5.74, 6) is 0.835. The molecule has 24 heavy (non-hydrogen) atoms. The molecule has 0 aromatic heterocycles. The maximum absolute atomic E-state index is 11.6. The molecule has 1 amide bonds. The molecule has 0 saturated heterocycles. The highest BCUT2D eigenvalue weighted by Gasteiger charge is 2.33. The number of methoxy groups -OCH3 is 1. The van der Waals surface area contributed by atoms with Gasteiger partial charge in [0, 0.05) is 46.3 Å². The Morgan fingerprint density at radius 3 is 2.46 bits per heavy atom. The van der Waals surface area contributed by atoms with Crippen LogP contribution in [0, 0.1) is 5.41 Å². The lowest BCUT2D eigenvalue weighted by Gasteiger charge is -2.29. The fourth-order valence-electron chi connectivity index (χ4n) is 3.14. The van der Waals surface area contributed by atoms with E-state index in [9.17, 15) is 4.79 Å². The number of guanidine groups is 1. The number of halogens is 1. The second kappa shape index (κ2) is 12.7. The van der Waals surface area contributed by atoms with Gasteiger partial charge in [-0.15, -0.1) is 24.0 Å². The summed E-state index contributed by atoms with van der Waals surface area (Å²) in [4.78, 5) is 15.9. The summed E-state index contributed by atoms with van der Waals surface area (Å²) in [7, 11) is 3.53. The van der Waals surface area contributed by atoms with Gasteiger partial charge >= 0.3 is 0 Å². The Labute approximate surface area is 164 Å². The quantitative estimate of drug-likeness (QED) is 0.284. The van der Waals surface area contributed by atoms with Crippen LogP contribution in [0.2, 0.25) is 0 Å². The summed E-state index contributed by atoms with van der Waals surface area (Å²) in [6.45, 7) is 6.24. The average molecular weight is 454 g/mol. The van der Waals surface area contributed by atoms with Crippen LogP contribution in [0.15, 0.2) is 4.99 Å². The number of aliphatic imine (C=N–C) groups is 1. The molecule has 0 aromatic carbocycles. The van der Waals surface area contributed by atoms with Gasteiger partial charge in [0.25, 0.3) is 0 Å². The van der Waals surface area contributed by atoms with Gasteiger partial charge in [0.05, 0.1) is 0 Å². The van der Waals surface area contributed by atoms with Gasteiger partial charge < -0.3 is 20.7 Å². The van der Waals surface area contributed by atoms with Crippen molar-refractivity contribution in [3.05, 3.63) is 0 Å². The van der Waals surface area contributed by atoms with Crippen LogP contribution in [0.4, 0.5) is 0 Å². The molecule has 142 valence electrons. The highest BCUT2D eigenvalue weighted by molar-refractivity contribution is 14.0. The first kappa shape index (κ1) is 23.4. The van der Waals surface area contributed by atoms with Crippen molar-refractivity contribution >= 4 is 35.8 Å². The van der Waals surface area contributed by atoms with Crippen LogP contribution in [-0.4, -0.2) is 51.8 Å². The van der Waals surface area contributed by atoms with E-state index in [0.29, 0.717) is 18.4 Å². The topological polar surface area (TPSA) is 74.8 Å². The van der Waals surface area contributed by atoms with Crippen LogP contribution in [-0.2, 0) is 9.53 Å². The molecule has 1 saturated carbocycles. The molecule has 1 rings (SSSR count). The third kappa shape index (κ3) is 9.05. The van der Waals surface area contributed by atoms with Crippen molar-refractivity contribution in [3.8, 4) is 0 Å². The molecular formula is C17H35IN4O2. The van der Waals surface area contributed by atoms with Crippen LogP contribution in [0.1, 0.15) is 52.4 Å². The van der Waals surface area contributed by atoms with Gasteiger partial charge in [0.1, 0.15) is 0 Å². The van der Waals surface area contributed by atoms with Gasteiger partial charge in [-0.2, -0.15) is 0 Å². The summed E-state index contributed by atoms with van der Waals surface area (Å²) in [5.41, 5.74) is 0.322. The third-order valence-corrected chi connectivity index (χ3v) is 4.45. The van der Waals surface area contributed by atoms with Gasteiger partial charge in [-0.05, 0) is 38.5 Å². The number of carbonyl (C=O) groups excluding carboxylic acids is 1. The van der Waals surface area contributed by atoms with E-state index in [0.717, 1.165) is 25.5 Å². The molecule has 1 aliphatic carbocycles. The van der Waals surface area contributed by atoms with E-state index >= 15 is 0 Å². The minimum atomic E-state index is 0. The maximum Gasteiger partial charge on any atom is 0.221 e. The highest BCUT2D eigenvalue weighted by Crippen LogP contribution is 2.40. The predicted octanol–water partition coefficient (Wildman–Crippen LogP) is 2.28. The molecule has 7 heteroatoms. The van der Waals surface area contributed by atoms with E-state index in [2.05, 4.69) is 20.9 Å². The molecular weight excluding hydrogens is 419 g/mol. The lowest BCUT2D eigenvalue weighted by Crippen LogP contribution is -2.44. The Bertz CT molecular complexity index is 383. The SMILES string of the molecule is CN=C(NCCC(=O)NC(C)C)NCC1(CCOC)CCCC1.I. The molecule has 1 aliphatic rings. The zero-order chi connectivity index (χ0) is 17.1. The van der Waals surface area contributed by atoms with Crippen molar-refractivity contribution in [1.82, 2.24) is 16.0 Å². The number of hydrogen-bond donors (Lipinski definition) is 3. The number of rotatable bonds is 9. The molecule has 3 N–H and O–H groups in total. The number of amides is 1. The van der Waals surface area contributed by atoms with Crippen LogP contribution in [0.5, 0.6) is 0 Å². The van der Waals surface area contributed by atoms with Crippen molar-refractivity contribution in [3.63, 3.8) is 0 Å². The Kier molecular flexibility index (Phi) is 12.4. The first-order valence-electron chi connectivity index (χ1n) is 8.74. The third-order valence-electron chi connectivity index (χ3n) is 4.45. The van der Waals surface area contributed by atoms with E-state index < -0.39 is 0 Å². The molecule has 0 aromatic rings. The maximum atomic E-state index is 11.6. The Morgan fingerprint density at radius 1 is 1.25 bits per heavy atom. The van der Waals surface area contributed by atoms with Crippen LogP contribution in [0.3, 0.4) is 0 Å². The van der Waals surface area contributed by atoms with Crippen LogP contribution in [0.25, 0.3) is 0 Å². The van der Waals surface area contributed by atoms with Crippen LogP contribution >= 0.6 is 24.0 Å². The van der Waals surface area contributed by atoms with E-state index in [4.69, 9.17) is 4.74 Å². The predicted molar refractivity (Wildman–Crippen MR) is 110 cm³/mol. The molecule has 0 bridgehead atoms. The van der Waals surface area contributed by atoms with Gasteiger partial charge in [0.15, 0.2) is 5.96 Å². The molecule has 0 aliphatic heterocycles. The fraction of sp³-hybridized carbons (Fsp3) is 0.882. The smallest absolute Gasteiger partial charge is 0.221 e. The second-order valence-electron chi connectivity index (χ2n) is 6.77. The zero-order valence-corrected chi connectivity index (χ0v) is 17.9. The van der Waals surface area contributed by atoms with Crippen molar-refractivity contribution in [2.75, 3.05) is 33.9 Å². The lowest BCUT2D eigenvalue weighted by atomic mass is 9.83. The van der Waals surface area contributed by atoms with E-state index in [1.165, 1.54) is 25.7 Å². The number of hydrogen-bond acceptors (Lipinski definition) is 3. The van der Waals surface area contributed by atoms with Crippen molar-refractivity contribution in [1.29, 1.82) is 0 Å². The molecule has 6 nitrogen and oxygen atoms in total. The fourth-order valence-corrected chi connectivity index (χ4v) is 3.14. The standard InChI is InChI=1S/C17H34N4O2.HI/c1-14(2)21-15(22)7-11-19-16(18-3)20-13-17(10-12-23-4)8-5-6-9-17;/h14H,5-13H2,1-4H3,(H,21,22)(H2,18,19,20);1H. The van der Waals surface area contributed by atoms with Crippen molar-refractivity contribution in [2.24, 2.45) is 10.4 Å². The van der Waals surface area contributed by atoms with E-state index in [-0.39, 0.29) is 35.9 Å². The monoisotopic (exact) mass is 454 g/mol. The van der Waals surface area contributed by atoms with Crippen molar-refractivity contribution < 1.29 is 9.53 Å².